The lowest BCUT2D eigenvalue weighted by Gasteiger charge is -2.22. The summed E-state index contributed by atoms with van der Waals surface area (Å²) < 4.78 is 0. The molecule has 0 aromatic heterocycles. The van der Waals surface area contributed by atoms with E-state index in [0.717, 1.165) is 11.4 Å². The number of nitrogens with two attached hydrogens (primary N) is 1. The van der Waals surface area contributed by atoms with Gasteiger partial charge in [-0.25, -0.2) is 5.53 Å². The Morgan fingerprint density at radius 2 is 2.45 bits per heavy atom. The number of fused-ring (bicyclic) bond motifs is 1. The molecule has 0 saturated carbocycles. The summed E-state index contributed by atoms with van der Waals surface area (Å²) in [5, 5.41) is 4.02. The summed E-state index contributed by atoms with van der Waals surface area (Å²) >= 11 is 0. The highest BCUT2D eigenvalue weighted by molar-refractivity contribution is 6.09. The second-order valence-electron chi connectivity index (χ2n) is 2.92. The number of hydrazone groups is 1. The fourth-order valence-electron chi connectivity index (χ4n) is 1.22. The van der Waals surface area contributed by atoms with E-state index >= 15 is 0 Å². The third kappa shape index (κ3) is 0.832. The highest BCUT2D eigenvalue weighted by Gasteiger charge is 2.30. The van der Waals surface area contributed by atoms with E-state index in [9.17, 15) is 0 Å². The van der Waals surface area contributed by atoms with E-state index in [1.165, 1.54) is 0 Å². The van der Waals surface area contributed by atoms with Crippen LogP contribution in [0.4, 0.5) is 0 Å². The molecule has 0 bridgehead atoms. The Morgan fingerprint density at radius 3 is 3.18 bits per heavy atom. The standard InChI is InChI=1S/C7H10N4/c1-7(8)4-2-3-5-6(7)10-11-9-5/h2-4,9,11H,8H2,1H3. The van der Waals surface area contributed by atoms with E-state index in [1.54, 1.807) is 0 Å². The zero-order chi connectivity index (χ0) is 7.90. The number of nitrogens with one attached hydrogen (secondary N) is 2. The maximum absolute atomic E-state index is 5.92. The number of nitrogens with zero attached hydrogens (tertiary/aromatic N) is 1. The topological polar surface area (TPSA) is 62.4 Å². The van der Waals surface area contributed by atoms with Gasteiger partial charge in [-0.15, -0.1) is 0 Å². The third-order valence-corrected chi connectivity index (χ3v) is 1.83. The molecule has 2 rings (SSSR count). The minimum Gasteiger partial charge on any atom is -0.317 e. The van der Waals surface area contributed by atoms with Crippen LogP contribution in [0, 0.1) is 0 Å². The van der Waals surface area contributed by atoms with Crippen LogP contribution >= 0.6 is 0 Å². The second-order valence-corrected chi connectivity index (χ2v) is 2.92. The largest absolute Gasteiger partial charge is 0.317 e. The van der Waals surface area contributed by atoms with Crippen molar-refractivity contribution in [2.24, 2.45) is 10.8 Å². The molecule has 0 fully saturated rings. The maximum Gasteiger partial charge on any atom is 0.111 e. The molecule has 2 aliphatic rings. The number of hydrogen-bond donors (Lipinski definition) is 3. The Balaban J connectivity index is 2.46. The molecule has 4 heteroatoms. The smallest absolute Gasteiger partial charge is 0.111 e. The van der Waals surface area contributed by atoms with Crippen molar-refractivity contribution in [2.45, 2.75) is 12.5 Å². The SMILES string of the molecule is CC1(N)C=CC=C2NNN=C21. The van der Waals surface area contributed by atoms with Crippen LogP contribution < -0.4 is 16.7 Å². The van der Waals surface area contributed by atoms with Crippen molar-refractivity contribution in [1.82, 2.24) is 11.0 Å². The normalized spacial score (nSPS) is 33.3. The maximum atomic E-state index is 5.92. The Kier molecular flexibility index (Phi) is 1.08. The van der Waals surface area contributed by atoms with Crippen LogP contribution in [0.5, 0.6) is 0 Å². The first-order valence-electron chi connectivity index (χ1n) is 3.48. The number of allylic oxidation sites excluding steroid dienone is 2. The van der Waals surface area contributed by atoms with Crippen molar-refractivity contribution in [2.75, 3.05) is 0 Å². The lowest BCUT2D eigenvalue weighted by atomic mass is 9.91. The molecule has 4 N–H and O–H groups in total. The molecule has 1 unspecified atom stereocenters. The molecule has 58 valence electrons. The molecule has 0 spiro atoms. The average molecular weight is 150 g/mol. The van der Waals surface area contributed by atoms with Gasteiger partial charge in [0, 0.05) is 0 Å². The molecular weight excluding hydrogens is 140 g/mol. The second kappa shape index (κ2) is 1.85. The van der Waals surface area contributed by atoms with Gasteiger partial charge in [-0.3, -0.25) is 5.43 Å². The third-order valence-electron chi connectivity index (χ3n) is 1.83. The van der Waals surface area contributed by atoms with Gasteiger partial charge in [-0.2, -0.15) is 5.10 Å². The van der Waals surface area contributed by atoms with Crippen LogP contribution in [0.3, 0.4) is 0 Å². The molecule has 11 heavy (non-hydrogen) atoms. The molecule has 0 radical (unpaired) electrons. The molecule has 0 aromatic rings. The molecule has 1 heterocycles. The Hall–Kier alpha value is -1.29. The number of hydrogen-bond acceptors (Lipinski definition) is 4. The summed E-state index contributed by atoms with van der Waals surface area (Å²) in [4.78, 5) is 0. The zero-order valence-electron chi connectivity index (χ0n) is 6.26. The average Bonchev–Trinajstić information content (AvgIpc) is 2.34. The zero-order valence-corrected chi connectivity index (χ0v) is 6.26. The van der Waals surface area contributed by atoms with E-state index in [1.807, 2.05) is 25.2 Å². The molecule has 1 aliphatic heterocycles. The summed E-state index contributed by atoms with van der Waals surface area (Å²) in [6.07, 6.45) is 5.78. The summed E-state index contributed by atoms with van der Waals surface area (Å²) in [5.41, 5.74) is 12.9. The van der Waals surface area contributed by atoms with E-state index < -0.39 is 5.54 Å². The Labute approximate surface area is 64.8 Å². The van der Waals surface area contributed by atoms with Crippen LogP contribution in [0.1, 0.15) is 6.92 Å². The van der Waals surface area contributed by atoms with Crippen molar-refractivity contribution in [1.29, 1.82) is 0 Å². The Morgan fingerprint density at radius 1 is 1.64 bits per heavy atom. The predicted octanol–water partition coefficient (Wildman–Crippen LogP) is -0.379. The highest BCUT2D eigenvalue weighted by Crippen LogP contribution is 2.17. The van der Waals surface area contributed by atoms with Crippen molar-refractivity contribution in [3.8, 4) is 0 Å². The first-order valence-corrected chi connectivity index (χ1v) is 3.48. The molecule has 0 aromatic carbocycles. The van der Waals surface area contributed by atoms with Crippen molar-refractivity contribution < 1.29 is 0 Å². The van der Waals surface area contributed by atoms with E-state index in [2.05, 4.69) is 16.1 Å². The van der Waals surface area contributed by atoms with Crippen molar-refractivity contribution in [3.63, 3.8) is 0 Å². The van der Waals surface area contributed by atoms with Gasteiger partial charge in [-0.05, 0) is 13.0 Å². The van der Waals surface area contributed by atoms with Crippen LogP contribution in [0.15, 0.2) is 29.0 Å². The quantitative estimate of drug-likeness (QED) is 0.441. The molecule has 0 amide bonds. The molecule has 4 nitrogen and oxygen atoms in total. The first-order chi connectivity index (χ1) is 5.20. The summed E-state index contributed by atoms with van der Waals surface area (Å²) in [5.74, 6) is 0. The minimum atomic E-state index is -0.444. The highest BCUT2D eigenvalue weighted by atomic mass is 15.6. The van der Waals surface area contributed by atoms with Crippen LogP contribution in [-0.2, 0) is 0 Å². The van der Waals surface area contributed by atoms with Gasteiger partial charge in [-0.1, -0.05) is 12.2 Å². The van der Waals surface area contributed by atoms with Gasteiger partial charge in [0.1, 0.15) is 5.71 Å². The Bertz CT molecular complexity index is 272. The van der Waals surface area contributed by atoms with Crippen LogP contribution in [0.2, 0.25) is 0 Å². The van der Waals surface area contributed by atoms with Crippen LogP contribution in [-0.4, -0.2) is 11.3 Å². The first kappa shape index (κ1) is 6.42. The van der Waals surface area contributed by atoms with Gasteiger partial charge < -0.3 is 5.73 Å². The monoisotopic (exact) mass is 150 g/mol. The van der Waals surface area contributed by atoms with E-state index in [-0.39, 0.29) is 0 Å². The molecule has 1 aliphatic carbocycles. The van der Waals surface area contributed by atoms with E-state index in [0.29, 0.717) is 0 Å². The number of rotatable bonds is 0. The molecular formula is C7H10N4. The van der Waals surface area contributed by atoms with Crippen LogP contribution in [0.25, 0.3) is 0 Å². The van der Waals surface area contributed by atoms with Gasteiger partial charge in [0.15, 0.2) is 0 Å². The molecule has 1 atom stereocenters. The summed E-state index contributed by atoms with van der Waals surface area (Å²) in [6.45, 7) is 1.92. The minimum absolute atomic E-state index is 0.444. The van der Waals surface area contributed by atoms with Gasteiger partial charge in [0.05, 0.1) is 11.2 Å². The lowest BCUT2D eigenvalue weighted by molar-refractivity contribution is 0.690. The summed E-state index contributed by atoms with van der Waals surface area (Å²) in [6, 6.07) is 0. The summed E-state index contributed by atoms with van der Waals surface area (Å²) in [7, 11) is 0. The van der Waals surface area contributed by atoms with Gasteiger partial charge >= 0.3 is 0 Å². The van der Waals surface area contributed by atoms with Crippen molar-refractivity contribution in [3.05, 3.63) is 23.9 Å². The van der Waals surface area contributed by atoms with Gasteiger partial charge in [0.25, 0.3) is 0 Å². The lowest BCUT2D eigenvalue weighted by Crippen LogP contribution is -2.45. The van der Waals surface area contributed by atoms with Gasteiger partial charge in [0.2, 0.25) is 0 Å². The molecule has 0 saturated heterocycles. The number of hydrazine groups is 1. The fraction of sp³-hybridized carbons (Fsp3) is 0.286. The van der Waals surface area contributed by atoms with Crippen molar-refractivity contribution >= 4 is 5.71 Å². The van der Waals surface area contributed by atoms with E-state index in [4.69, 9.17) is 5.73 Å². The predicted molar refractivity (Wildman–Crippen MR) is 43.5 cm³/mol. The fourth-order valence-corrected chi connectivity index (χ4v) is 1.22.